The van der Waals surface area contributed by atoms with Crippen LogP contribution in [-0.4, -0.2) is 32.7 Å². The van der Waals surface area contributed by atoms with E-state index in [2.05, 4.69) is 21.8 Å². The van der Waals surface area contributed by atoms with E-state index in [4.69, 9.17) is 0 Å². The number of amides is 1. The third-order valence-corrected chi connectivity index (χ3v) is 5.12. The molecule has 7 heteroatoms. The van der Waals surface area contributed by atoms with Gasteiger partial charge in [-0.05, 0) is 42.8 Å². The summed E-state index contributed by atoms with van der Waals surface area (Å²) in [5.41, 5.74) is 2.15. The molecule has 0 spiro atoms. The first-order chi connectivity index (χ1) is 11.6. The van der Waals surface area contributed by atoms with Crippen molar-refractivity contribution in [3.8, 4) is 0 Å². The average molecular weight is 356 g/mol. The maximum atomic E-state index is 12.7. The highest BCUT2D eigenvalue weighted by Gasteiger charge is 2.33. The highest BCUT2D eigenvalue weighted by Crippen LogP contribution is 2.34. The van der Waals surface area contributed by atoms with Crippen molar-refractivity contribution < 1.29 is 4.79 Å². The van der Waals surface area contributed by atoms with Crippen molar-refractivity contribution in [1.82, 2.24) is 15.1 Å². The molecule has 3 rings (SSSR count). The zero-order chi connectivity index (χ0) is 17.1. The SMILES string of the molecule is C=CCN1C(=O)/C(=C\c2ccccc2C)SC1=Nc1nnc(C)s1. The van der Waals surface area contributed by atoms with Crippen LogP contribution in [0.5, 0.6) is 0 Å². The van der Waals surface area contributed by atoms with E-state index in [0.29, 0.717) is 21.7 Å². The number of hydrogen-bond donors (Lipinski definition) is 0. The summed E-state index contributed by atoms with van der Waals surface area (Å²) in [7, 11) is 0. The molecule has 1 amide bonds. The number of aromatic nitrogens is 2. The molecule has 0 radical (unpaired) electrons. The molecule has 2 aromatic rings. The molecule has 1 aromatic heterocycles. The zero-order valence-electron chi connectivity index (χ0n) is 13.4. The van der Waals surface area contributed by atoms with E-state index in [1.165, 1.54) is 23.1 Å². The first kappa shape index (κ1) is 16.6. The number of rotatable bonds is 4. The summed E-state index contributed by atoms with van der Waals surface area (Å²) in [6.07, 6.45) is 3.60. The molecule has 1 aromatic carbocycles. The molecule has 2 heterocycles. The van der Waals surface area contributed by atoms with Crippen LogP contribution in [0.25, 0.3) is 6.08 Å². The second-order valence-corrected chi connectivity index (χ2v) is 7.34. The van der Waals surface area contributed by atoms with Crippen molar-refractivity contribution >= 4 is 45.4 Å². The van der Waals surface area contributed by atoms with Crippen LogP contribution in [0.3, 0.4) is 0 Å². The van der Waals surface area contributed by atoms with Crippen molar-refractivity contribution in [2.75, 3.05) is 6.54 Å². The Labute approximate surface area is 148 Å². The van der Waals surface area contributed by atoms with E-state index >= 15 is 0 Å². The average Bonchev–Trinajstić information content (AvgIpc) is 3.09. The number of amidine groups is 1. The number of aryl methyl sites for hydroxylation is 2. The minimum atomic E-state index is -0.0665. The quantitative estimate of drug-likeness (QED) is 0.615. The second-order valence-electron chi connectivity index (χ2n) is 5.17. The Kier molecular flexibility index (Phi) is 4.92. The van der Waals surface area contributed by atoms with Gasteiger partial charge in [-0.3, -0.25) is 9.69 Å². The third-order valence-electron chi connectivity index (χ3n) is 3.38. The number of carbonyl (C=O) groups excluding carboxylic acids is 1. The summed E-state index contributed by atoms with van der Waals surface area (Å²) in [5.74, 6) is -0.0665. The van der Waals surface area contributed by atoms with Crippen molar-refractivity contribution in [3.05, 3.63) is 58.0 Å². The maximum Gasteiger partial charge on any atom is 0.267 e. The molecule has 0 bridgehead atoms. The van der Waals surface area contributed by atoms with Gasteiger partial charge < -0.3 is 0 Å². The van der Waals surface area contributed by atoms with Crippen LogP contribution >= 0.6 is 23.1 Å². The first-order valence-corrected chi connectivity index (χ1v) is 8.98. The van der Waals surface area contributed by atoms with Crippen LogP contribution in [0.15, 0.2) is 46.8 Å². The molecule has 1 aliphatic rings. The van der Waals surface area contributed by atoms with E-state index in [9.17, 15) is 4.79 Å². The van der Waals surface area contributed by atoms with E-state index in [1.54, 1.807) is 11.0 Å². The molecule has 1 saturated heterocycles. The highest BCUT2D eigenvalue weighted by atomic mass is 32.2. The molecule has 0 saturated carbocycles. The van der Waals surface area contributed by atoms with Gasteiger partial charge in [0.1, 0.15) is 5.01 Å². The summed E-state index contributed by atoms with van der Waals surface area (Å²) in [6, 6.07) is 7.97. The lowest BCUT2D eigenvalue weighted by Crippen LogP contribution is -2.29. The van der Waals surface area contributed by atoms with Crippen LogP contribution < -0.4 is 0 Å². The lowest BCUT2D eigenvalue weighted by atomic mass is 10.1. The van der Waals surface area contributed by atoms with Gasteiger partial charge in [-0.2, -0.15) is 4.99 Å². The number of nitrogens with zero attached hydrogens (tertiary/aromatic N) is 4. The number of carbonyl (C=O) groups is 1. The Morgan fingerprint density at radius 2 is 2.08 bits per heavy atom. The van der Waals surface area contributed by atoms with Gasteiger partial charge in [0, 0.05) is 6.54 Å². The molecular formula is C17H16N4OS2. The zero-order valence-corrected chi connectivity index (χ0v) is 15.0. The highest BCUT2D eigenvalue weighted by molar-refractivity contribution is 8.18. The molecule has 5 nitrogen and oxygen atoms in total. The predicted octanol–water partition coefficient (Wildman–Crippen LogP) is 3.94. The van der Waals surface area contributed by atoms with Gasteiger partial charge in [-0.1, -0.05) is 41.7 Å². The van der Waals surface area contributed by atoms with Crippen LogP contribution in [0, 0.1) is 13.8 Å². The van der Waals surface area contributed by atoms with E-state index < -0.39 is 0 Å². The molecule has 1 fully saturated rings. The fourth-order valence-electron chi connectivity index (χ4n) is 2.18. The van der Waals surface area contributed by atoms with Crippen molar-refractivity contribution in [2.24, 2.45) is 4.99 Å². The summed E-state index contributed by atoms with van der Waals surface area (Å²) in [6.45, 7) is 8.03. The second kappa shape index (κ2) is 7.11. The van der Waals surface area contributed by atoms with Crippen molar-refractivity contribution in [1.29, 1.82) is 0 Å². The van der Waals surface area contributed by atoms with E-state index in [-0.39, 0.29) is 5.91 Å². The smallest absolute Gasteiger partial charge is 0.267 e. The van der Waals surface area contributed by atoms with Gasteiger partial charge in [0.05, 0.1) is 4.91 Å². The molecule has 1 aliphatic heterocycles. The summed E-state index contributed by atoms with van der Waals surface area (Å²) in [4.78, 5) is 19.4. The molecule has 0 atom stereocenters. The molecule has 0 unspecified atom stereocenters. The number of benzene rings is 1. The summed E-state index contributed by atoms with van der Waals surface area (Å²) < 4.78 is 0. The van der Waals surface area contributed by atoms with Gasteiger partial charge in [-0.15, -0.1) is 16.8 Å². The fourth-order valence-corrected chi connectivity index (χ4v) is 3.78. The topological polar surface area (TPSA) is 58.5 Å². The predicted molar refractivity (Wildman–Crippen MR) is 100 cm³/mol. The minimum Gasteiger partial charge on any atom is -0.282 e. The summed E-state index contributed by atoms with van der Waals surface area (Å²) >= 11 is 2.75. The Morgan fingerprint density at radius 1 is 1.29 bits per heavy atom. The standard InChI is InChI=1S/C17H16N4OS2/c1-4-9-21-15(22)14(10-13-8-6-5-7-11(13)2)24-17(21)18-16-20-19-12(3)23-16/h4-8,10H,1,9H2,2-3H3/b14-10+,18-17?. The molecule has 122 valence electrons. The van der Waals surface area contributed by atoms with E-state index in [0.717, 1.165) is 16.1 Å². The number of thioether (sulfide) groups is 1. The van der Waals surface area contributed by atoms with Crippen molar-refractivity contribution in [2.45, 2.75) is 13.8 Å². The summed E-state index contributed by atoms with van der Waals surface area (Å²) in [5, 5.41) is 9.97. The van der Waals surface area contributed by atoms with Gasteiger partial charge in [0.25, 0.3) is 5.91 Å². The van der Waals surface area contributed by atoms with Gasteiger partial charge in [0.15, 0.2) is 5.17 Å². The molecule has 0 N–H and O–H groups in total. The normalized spacial score (nSPS) is 17.9. The monoisotopic (exact) mass is 356 g/mol. The fraction of sp³-hybridized carbons (Fsp3) is 0.176. The van der Waals surface area contributed by atoms with Gasteiger partial charge >= 0.3 is 0 Å². The largest absolute Gasteiger partial charge is 0.282 e. The minimum absolute atomic E-state index is 0.0665. The number of aliphatic imine (C=N–C) groups is 1. The Bertz CT molecular complexity index is 854. The first-order valence-electron chi connectivity index (χ1n) is 7.35. The Morgan fingerprint density at radius 3 is 2.75 bits per heavy atom. The van der Waals surface area contributed by atoms with Gasteiger partial charge in [-0.25, -0.2) is 0 Å². The van der Waals surface area contributed by atoms with Gasteiger partial charge in [0.2, 0.25) is 5.13 Å². The Hall–Kier alpha value is -2.25. The van der Waals surface area contributed by atoms with Crippen LogP contribution in [0.4, 0.5) is 5.13 Å². The molecule has 0 aliphatic carbocycles. The molecule has 24 heavy (non-hydrogen) atoms. The molecular weight excluding hydrogens is 340 g/mol. The van der Waals surface area contributed by atoms with Crippen LogP contribution in [0.1, 0.15) is 16.1 Å². The van der Waals surface area contributed by atoms with Crippen LogP contribution in [-0.2, 0) is 4.79 Å². The maximum absolute atomic E-state index is 12.7. The third kappa shape index (κ3) is 3.47. The van der Waals surface area contributed by atoms with Crippen molar-refractivity contribution in [3.63, 3.8) is 0 Å². The van der Waals surface area contributed by atoms with E-state index in [1.807, 2.05) is 44.2 Å². The lowest BCUT2D eigenvalue weighted by molar-refractivity contribution is -0.121. The Balaban J connectivity index is 1.96. The lowest BCUT2D eigenvalue weighted by Gasteiger charge is -2.11. The number of hydrogen-bond acceptors (Lipinski definition) is 6. The van der Waals surface area contributed by atoms with Crippen LogP contribution in [0.2, 0.25) is 0 Å².